The molecule has 0 unspecified atom stereocenters. The third-order valence-corrected chi connectivity index (χ3v) is 6.30. The van der Waals surface area contributed by atoms with E-state index in [0.29, 0.717) is 34.2 Å². The molecule has 1 saturated heterocycles. The molecule has 34 heavy (non-hydrogen) atoms. The molecule has 0 bridgehead atoms. The summed E-state index contributed by atoms with van der Waals surface area (Å²) in [4.78, 5) is 30.2. The van der Waals surface area contributed by atoms with Gasteiger partial charge in [0, 0.05) is 54.7 Å². The van der Waals surface area contributed by atoms with Crippen molar-refractivity contribution in [1.29, 1.82) is 0 Å². The molecule has 2 heterocycles. The third kappa shape index (κ3) is 5.29. The lowest BCUT2D eigenvalue weighted by atomic mass is 9.94. The Labute approximate surface area is 204 Å². The number of hydrogen-bond donors (Lipinski definition) is 2. The molecule has 0 spiro atoms. The Bertz CT molecular complexity index is 1060. The minimum absolute atomic E-state index is 0.238. The summed E-state index contributed by atoms with van der Waals surface area (Å²) < 4.78 is 10.9. The fourth-order valence-corrected chi connectivity index (χ4v) is 4.50. The van der Waals surface area contributed by atoms with Gasteiger partial charge in [-0.25, -0.2) is 9.59 Å². The number of benzene rings is 2. The Morgan fingerprint density at radius 2 is 1.79 bits per heavy atom. The highest BCUT2D eigenvalue weighted by Gasteiger charge is 2.36. The molecular formula is C25H29ClN4O4. The highest BCUT2D eigenvalue weighted by molar-refractivity contribution is 6.30. The van der Waals surface area contributed by atoms with Gasteiger partial charge in [-0.2, -0.15) is 0 Å². The van der Waals surface area contributed by atoms with E-state index in [1.54, 1.807) is 14.0 Å². The van der Waals surface area contributed by atoms with Crippen LogP contribution in [-0.4, -0.2) is 63.3 Å². The molecule has 2 aromatic carbocycles. The number of methoxy groups -OCH3 is 1. The van der Waals surface area contributed by atoms with E-state index in [1.165, 1.54) is 0 Å². The number of esters is 1. The predicted molar refractivity (Wildman–Crippen MR) is 131 cm³/mol. The Hall–Kier alpha value is -3.23. The molecule has 4 rings (SSSR count). The lowest BCUT2D eigenvalue weighted by Crippen LogP contribution is -2.51. The zero-order valence-electron chi connectivity index (χ0n) is 19.3. The Morgan fingerprint density at radius 1 is 1.09 bits per heavy atom. The first-order valence-corrected chi connectivity index (χ1v) is 11.7. The van der Waals surface area contributed by atoms with Crippen LogP contribution in [0, 0.1) is 0 Å². The number of anilines is 1. The van der Waals surface area contributed by atoms with E-state index in [9.17, 15) is 9.59 Å². The molecule has 2 aliphatic heterocycles. The molecule has 2 amide bonds. The highest BCUT2D eigenvalue weighted by Crippen LogP contribution is 2.33. The summed E-state index contributed by atoms with van der Waals surface area (Å²) in [6.07, 6.45) is 0. The van der Waals surface area contributed by atoms with Gasteiger partial charge in [0.05, 0.1) is 25.3 Å². The zero-order valence-corrected chi connectivity index (χ0v) is 20.1. The second-order valence-corrected chi connectivity index (χ2v) is 8.56. The summed E-state index contributed by atoms with van der Waals surface area (Å²) in [6, 6.07) is 14.1. The van der Waals surface area contributed by atoms with E-state index in [4.69, 9.17) is 21.1 Å². The first kappa shape index (κ1) is 23.9. The maximum Gasteiger partial charge on any atom is 0.338 e. The van der Waals surface area contributed by atoms with Gasteiger partial charge in [-0.15, -0.1) is 0 Å². The molecule has 0 aromatic heterocycles. The molecule has 2 aromatic rings. The average molecular weight is 485 g/mol. The number of carbonyl (C=O) groups excluding carboxylic acids is 2. The molecule has 180 valence electrons. The lowest BCUT2D eigenvalue weighted by Gasteiger charge is -2.38. The van der Waals surface area contributed by atoms with E-state index in [1.807, 2.05) is 48.5 Å². The molecular weight excluding hydrogens is 456 g/mol. The van der Waals surface area contributed by atoms with Crippen LogP contribution in [0.4, 0.5) is 10.5 Å². The second-order valence-electron chi connectivity index (χ2n) is 8.13. The van der Waals surface area contributed by atoms with Gasteiger partial charge < -0.3 is 25.0 Å². The van der Waals surface area contributed by atoms with Crippen molar-refractivity contribution in [3.05, 3.63) is 70.4 Å². The number of para-hydroxylation sites is 1. The van der Waals surface area contributed by atoms with Crippen molar-refractivity contribution in [3.63, 3.8) is 0 Å². The summed E-state index contributed by atoms with van der Waals surface area (Å²) >= 11 is 6.01. The number of urea groups is 1. The molecule has 0 aliphatic carbocycles. The van der Waals surface area contributed by atoms with Gasteiger partial charge in [0.1, 0.15) is 5.75 Å². The first-order chi connectivity index (χ1) is 16.5. The number of halogens is 1. The average Bonchev–Trinajstić information content (AvgIpc) is 2.85. The molecule has 1 atom stereocenters. The Morgan fingerprint density at radius 3 is 2.47 bits per heavy atom. The standard InChI is InChI=1S/C25H29ClN4O4/c1-3-34-24(31)22-20(27-25(32)28-23(22)19-6-4-5-7-21(19)33-2)16-29-12-14-30(15-13-29)18-10-8-17(26)9-11-18/h4-11,23H,3,12-16H2,1-2H3,(H2,27,28,32)/t23-/m0/s1. The van der Waals surface area contributed by atoms with Crippen molar-refractivity contribution < 1.29 is 19.1 Å². The minimum Gasteiger partial charge on any atom is -0.496 e. The van der Waals surface area contributed by atoms with Gasteiger partial charge in [-0.05, 0) is 37.3 Å². The minimum atomic E-state index is -0.672. The number of amides is 2. The summed E-state index contributed by atoms with van der Waals surface area (Å²) in [5, 5.41) is 6.44. The highest BCUT2D eigenvalue weighted by atomic mass is 35.5. The topological polar surface area (TPSA) is 83.1 Å². The van der Waals surface area contributed by atoms with E-state index >= 15 is 0 Å². The summed E-state index contributed by atoms with van der Waals surface area (Å²) in [5.41, 5.74) is 2.78. The van der Waals surface area contributed by atoms with Crippen molar-refractivity contribution in [2.45, 2.75) is 13.0 Å². The van der Waals surface area contributed by atoms with Crippen LogP contribution in [-0.2, 0) is 9.53 Å². The van der Waals surface area contributed by atoms with E-state index < -0.39 is 12.0 Å². The number of rotatable bonds is 7. The van der Waals surface area contributed by atoms with Crippen molar-refractivity contribution in [2.75, 3.05) is 51.3 Å². The molecule has 8 nitrogen and oxygen atoms in total. The molecule has 2 aliphatic rings. The Balaban J connectivity index is 1.57. The number of nitrogens with one attached hydrogen (secondary N) is 2. The third-order valence-electron chi connectivity index (χ3n) is 6.04. The largest absolute Gasteiger partial charge is 0.496 e. The number of piperazine rings is 1. The number of hydrogen-bond acceptors (Lipinski definition) is 6. The number of carbonyl (C=O) groups is 2. The van der Waals surface area contributed by atoms with Gasteiger partial charge in [0.25, 0.3) is 0 Å². The first-order valence-electron chi connectivity index (χ1n) is 11.3. The van der Waals surface area contributed by atoms with Crippen molar-refractivity contribution in [1.82, 2.24) is 15.5 Å². The predicted octanol–water partition coefficient (Wildman–Crippen LogP) is 3.34. The van der Waals surface area contributed by atoms with Crippen molar-refractivity contribution in [2.24, 2.45) is 0 Å². The van der Waals surface area contributed by atoms with Crippen LogP contribution in [0.5, 0.6) is 5.75 Å². The van der Waals surface area contributed by atoms with Gasteiger partial charge in [-0.3, -0.25) is 4.90 Å². The smallest absolute Gasteiger partial charge is 0.338 e. The van der Waals surface area contributed by atoms with E-state index in [-0.39, 0.29) is 12.6 Å². The quantitative estimate of drug-likeness (QED) is 0.586. The van der Waals surface area contributed by atoms with Crippen LogP contribution in [0.1, 0.15) is 18.5 Å². The summed E-state index contributed by atoms with van der Waals surface area (Å²) in [6.45, 7) is 5.65. The monoisotopic (exact) mass is 484 g/mol. The van der Waals surface area contributed by atoms with Crippen LogP contribution < -0.4 is 20.3 Å². The van der Waals surface area contributed by atoms with Crippen molar-refractivity contribution >= 4 is 29.3 Å². The molecule has 2 N–H and O–H groups in total. The molecule has 0 saturated carbocycles. The van der Waals surface area contributed by atoms with Crippen LogP contribution in [0.25, 0.3) is 0 Å². The number of nitrogens with zero attached hydrogens (tertiary/aromatic N) is 2. The van der Waals surface area contributed by atoms with Gasteiger partial charge >= 0.3 is 12.0 Å². The second kappa shape index (κ2) is 10.8. The van der Waals surface area contributed by atoms with Crippen LogP contribution in [0.15, 0.2) is 59.8 Å². The van der Waals surface area contributed by atoms with E-state index in [2.05, 4.69) is 20.4 Å². The molecule has 0 radical (unpaired) electrons. The summed E-state index contributed by atoms with van der Waals surface area (Å²) in [5.74, 6) is 0.133. The maximum atomic E-state index is 13.1. The molecule has 1 fully saturated rings. The fraction of sp³-hybridized carbons (Fsp3) is 0.360. The number of ether oxygens (including phenoxy) is 2. The normalized spacial score (nSPS) is 18.9. The summed E-state index contributed by atoms with van der Waals surface area (Å²) in [7, 11) is 1.57. The van der Waals surface area contributed by atoms with Gasteiger partial charge in [-0.1, -0.05) is 29.8 Å². The van der Waals surface area contributed by atoms with E-state index in [0.717, 1.165) is 31.9 Å². The van der Waals surface area contributed by atoms with Gasteiger partial charge in [0.15, 0.2) is 0 Å². The van der Waals surface area contributed by atoms with Crippen molar-refractivity contribution in [3.8, 4) is 5.75 Å². The lowest BCUT2D eigenvalue weighted by molar-refractivity contribution is -0.139. The Kier molecular flexibility index (Phi) is 7.59. The SMILES string of the molecule is CCOC(=O)C1=C(CN2CCN(c3ccc(Cl)cc3)CC2)NC(=O)N[C@H]1c1ccccc1OC. The maximum absolute atomic E-state index is 13.1. The van der Waals surface area contributed by atoms with Gasteiger partial charge in [0.2, 0.25) is 0 Å². The van der Waals surface area contributed by atoms with Crippen LogP contribution in [0.3, 0.4) is 0 Å². The van der Waals surface area contributed by atoms with Crippen LogP contribution >= 0.6 is 11.6 Å². The van der Waals surface area contributed by atoms with Crippen LogP contribution in [0.2, 0.25) is 5.02 Å². The fourth-order valence-electron chi connectivity index (χ4n) is 4.37. The molecule has 9 heteroatoms. The zero-order chi connectivity index (χ0) is 24.1.